The Balaban J connectivity index is 2.48. The van der Waals surface area contributed by atoms with Gasteiger partial charge in [0.1, 0.15) is 4.90 Å². The van der Waals surface area contributed by atoms with Crippen molar-refractivity contribution >= 4 is 60.5 Å². The van der Waals surface area contributed by atoms with Crippen LogP contribution in [0.3, 0.4) is 0 Å². The highest BCUT2D eigenvalue weighted by molar-refractivity contribution is 9.10. The van der Waals surface area contributed by atoms with Gasteiger partial charge in [-0.3, -0.25) is 4.72 Å². The fourth-order valence-corrected chi connectivity index (χ4v) is 4.78. The summed E-state index contributed by atoms with van der Waals surface area (Å²) in [7, 11) is -3.94. The van der Waals surface area contributed by atoms with E-state index in [-0.39, 0.29) is 20.6 Å². The van der Waals surface area contributed by atoms with Gasteiger partial charge in [-0.2, -0.15) is 0 Å². The largest absolute Gasteiger partial charge is 0.397 e. The van der Waals surface area contributed by atoms with Crippen molar-refractivity contribution in [1.82, 2.24) is 0 Å². The molecule has 0 heterocycles. The summed E-state index contributed by atoms with van der Waals surface area (Å²) in [4.78, 5) is -0.186. The average molecular weight is 410 g/mol. The van der Waals surface area contributed by atoms with Gasteiger partial charge in [0.2, 0.25) is 0 Å². The van der Waals surface area contributed by atoms with Crippen molar-refractivity contribution in [1.29, 1.82) is 0 Å². The molecule has 0 amide bonds. The maximum Gasteiger partial charge on any atom is 0.264 e. The van der Waals surface area contributed by atoms with Gasteiger partial charge in [-0.15, -0.1) is 0 Å². The molecule has 2 aromatic carbocycles. The summed E-state index contributed by atoms with van der Waals surface area (Å²) >= 11 is 15.2. The fourth-order valence-electron chi connectivity index (χ4n) is 1.76. The van der Waals surface area contributed by atoms with E-state index in [1.165, 1.54) is 12.1 Å². The Hall–Kier alpha value is -0.950. The molecule has 0 aliphatic carbocycles. The first-order valence-corrected chi connectivity index (χ1v) is 8.77. The van der Waals surface area contributed by atoms with Crippen LogP contribution in [-0.2, 0) is 10.0 Å². The second-order valence-corrected chi connectivity index (χ2v) is 7.74. The SMILES string of the molecule is Cc1ccc(NS(=O)(=O)c2c(Cl)cc(Br)cc2Cl)c(N)c1. The predicted octanol–water partition coefficient (Wildman–Crippen LogP) is 4.45. The molecule has 0 unspecified atom stereocenters. The van der Waals surface area contributed by atoms with Gasteiger partial charge in [-0.1, -0.05) is 45.2 Å². The summed E-state index contributed by atoms with van der Waals surface area (Å²) in [5, 5.41) is 0.0418. The van der Waals surface area contributed by atoms with Crippen LogP contribution in [0.4, 0.5) is 11.4 Å². The molecule has 4 nitrogen and oxygen atoms in total. The molecule has 0 fully saturated rings. The van der Waals surface area contributed by atoms with Crippen LogP contribution in [0.25, 0.3) is 0 Å². The third-order valence-electron chi connectivity index (χ3n) is 2.68. The first kappa shape index (κ1) is 16.4. The van der Waals surface area contributed by atoms with Gasteiger partial charge in [-0.05, 0) is 36.8 Å². The molecule has 0 spiro atoms. The van der Waals surface area contributed by atoms with Crippen molar-refractivity contribution in [3.05, 3.63) is 50.4 Å². The van der Waals surface area contributed by atoms with Crippen LogP contribution in [0, 0.1) is 6.92 Å². The number of hydrogen-bond donors (Lipinski definition) is 2. The molecule has 0 aromatic heterocycles. The van der Waals surface area contributed by atoms with Gasteiger partial charge >= 0.3 is 0 Å². The highest BCUT2D eigenvalue weighted by atomic mass is 79.9. The van der Waals surface area contributed by atoms with Crippen molar-refractivity contribution in [2.24, 2.45) is 0 Å². The Bertz CT molecular complexity index is 787. The minimum atomic E-state index is -3.94. The number of anilines is 2. The molecular formula is C13H11BrCl2N2O2S. The molecular weight excluding hydrogens is 399 g/mol. The van der Waals surface area contributed by atoms with E-state index in [0.717, 1.165) is 5.56 Å². The number of aryl methyl sites for hydroxylation is 1. The Morgan fingerprint density at radius 2 is 1.71 bits per heavy atom. The number of halogens is 3. The molecule has 8 heteroatoms. The Kier molecular flexibility index (Phi) is 4.72. The highest BCUT2D eigenvalue weighted by Crippen LogP contribution is 2.34. The molecule has 0 aliphatic rings. The van der Waals surface area contributed by atoms with Crippen molar-refractivity contribution in [2.45, 2.75) is 11.8 Å². The van der Waals surface area contributed by atoms with Crippen LogP contribution in [0.1, 0.15) is 5.56 Å². The second-order valence-electron chi connectivity index (χ2n) is 4.39. The molecule has 3 N–H and O–H groups in total. The van der Waals surface area contributed by atoms with Crippen LogP contribution in [0.15, 0.2) is 39.7 Å². The van der Waals surface area contributed by atoms with Crippen LogP contribution >= 0.6 is 39.1 Å². The summed E-state index contributed by atoms with van der Waals surface area (Å²) in [6, 6.07) is 7.92. The van der Waals surface area contributed by atoms with Crippen molar-refractivity contribution < 1.29 is 8.42 Å². The molecule has 2 aromatic rings. The zero-order chi connectivity index (χ0) is 15.8. The van der Waals surface area contributed by atoms with Gasteiger partial charge in [0.15, 0.2) is 0 Å². The van der Waals surface area contributed by atoms with Gasteiger partial charge in [0.05, 0.1) is 21.4 Å². The third-order valence-corrected chi connectivity index (χ3v) is 5.43. The van der Waals surface area contributed by atoms with Crippen molar-refractivity contribution in [2.75, 3.05) is 10.5 Å². The average Bonchev–Trinajstić information content (AvgIpc) is 2.30. The molecule has 21 heavy (non-hydrogen) atoms. The van der Waals surface area contributed by atoms with E-state index in [1.54, 1.807) is 18.2 Å². The Morgan fingerprint density at radius 1 is 1.14 bits per heavy atom. The van der Waals surface area contributed by atoms with Crippen molar-refractivity contribution in [3.8, 4) is 0 Å². The molecule has 0 bridgehead atoms. The molecule has 0 atom stereocenters. The van der Waals surface area contributed by atoms with Gasteiger partial charge < -0.3 is 5.73 Å². The highest BCUT2D eigenvalue weighted by Gasteiger charge is 2.23. The lowest BCUT2D eigenvalue weighted by molar-refractivity contribution is 0.601. The minimum Gasteiger partial charge on any atom is -0.397 e. The zero-order valence-electron chi connectivity index (χ0n) is 10.8. The number of nitrogen functional groups attached to an aromatic ring is 1. The first-order chi connectivity index (χ1) is 9.70. The molecule has 0 saturated carbocycles. The standard InChI is InChI=1S/C13H11BrCl2N2O2S/c1-7-2-3-12(11(17)4-7)18-21(19,20)13-9(15)5-8(14)6-10(13)16/h2-6,18H,17H2,1H3. The van der Waals surface area contributed by atoms with E-state index in [9.17, 15) is 8.42 Å². The van der Waals surface area contributed by atoms with Crippen LogP contribution in [0.2, 0.25) is 10.0 Å². The maximum absolute atomic E-state index is 12.4. The van der Waals surface area contributed by atoms with Crippen molar-refractivity contribution in [3.63, 3.8) is 0 Å². The van der Waals surface area contributed by atoms with Gasteiger partial charge in [-0.25, -0.2) is 8.42 Å². The minimum absolute atomic E-state index is 0.0209. The first-order valence-electron chi connectivity index (χ1n) is 5.74. The van der Waals surface area contributed by atoms with Crippen LogP contribution in [-0.4, -0.2) is 8.42 Å². The van der Waals surface area contributed by atoms with E-state index in [0.29, 0.717) is 10.2 Å². The number of rotatable bonds is 3. The lowest BCUT2D eigenvalue weighted by Gasteiger charge is -2.13. The molecule has 112 valence electrons. The van der Waals surface area contributed by atoms with E-state index in [1.807, 2.05) is 6.92 Å². The Morgan fingerprint density at radius 3 is 2.24 bits per heavy atom. The predicted molar refractivity (Wildman–Crippen MR) is 90.6 cm³/mol. The van der Waals surface area contributed by atoms with E-state index < -0.39 is 10.0 Å². The molecule has 0 radical (unpaired) electrons. The molecule has 2 rings (SSSR count). The number of benzene rings is 2. The summed E-state index contributed by atoms with van der Waals surface area (Å²) in [5.41, 5.74) is 7.33. The monoisotopic (exact) mass is 408 g/mol. The lowest BCUT2D eigenvalue weighted by Crippen LogP contribution is -2.15. The third kappa shape index (κ3) is 3.63. The fraction of sp³-hybridized carbons (Fsp3) is 0.0769. The van der Waals surface area contributed by atoms with Crippen LogP contribution < -0.4 is 10.5 Å². The summed E-state index contributed by atoms with van der Waals surface area (Å²) in [5.74, 6) is 0. The summed E-state index contributed by atoms with van der Waals surface area (Å²) < 4.78 is 27.9. The van der Waals surface area contributed by atoms with Gasteiger partial charge in [0.25, 0.3) is 10.0 Å². The van der Waals surface area contributed by atoms with Crippen LogP contribution in [0.5, 0.6) is 0 Å². The smallest absolute Gasteiger partial charge is 0.264 e. The normalized spacial score (nSPS) is 11.4. The number of hydrogen-bond acceptors (Lipinski definition) is 3. The van der Waals surface area contributed by atoms with E-state index in [2.05, 4.69) is 20.7 Å². The number of nitrogens with one attached hydrogen (secondary N) is 1. The zero-order valence-corrected chi connectivity index (χ0v) is 14.7. The molecule has 0 saturated heterocycles. The number of nitrogens with two attached hydrogens (primary N) is 1. The number of sulfonamides is 1. The maximum atomic E-state index is 12.4. The Labute approximate surface area is 141 Å². The summed E-state index contributed by atoms with van der Waals surface area (Å²) in [6.07, 6.45) is 0. The summed E-state index contributed by atoms with van der Waals surface area (Å²) in [6.45, 7) is 1.86. The second kappa shape index (κ2) is 6.04. The lowest BCUT2D eigenvalue weighted by atomic mass is 10.2. The quantitative estimate of drug-likeness (QED) is 0.735. The molecule has 0 aliphatic heterocycles. The van der Waals surface area contributed by atoms with Gasteiger partial charge in [0, 0.05) is 4.47 Å². The topological polar surface area (TPSA) is 72.2 Å². The van der Waals surface area contributed by atoms with E-state index >= 15 is 0 Å². The van der Waals surface area contributed by atoms with E-state index in [4.69, 9.17) is 28.9 Å².